The minimum atomic E-state index is -2.21. The number of carbonyl (C=O) groups is 2. The van der Waals surface area contributed by atoms with Gasteiger partial charge in [-0.1, -0.05) is 82.3 Å². The van der Waals surface area contributed by atoms with E-state index < -0.39 is 19.7 Å². The van der Waals surface area contributed by atoms with Crippen LogP contribution in [0.1, 0.15) is 107 Å². The van der Waals surface area contributed by atoms with Crippen molar-refractivity contribution in [2.24, 2.45) is 0 Å². The number of amides is 1. The third kappa shape index (κ3) is 8.61. The maximum absolute atomic E-state index is 13.9. The van der Waals surface area contributed by atoms with Gasteiger partial charge in [-0.3, -0.25) is 9.69 Å². The molecule has 45 heavy (non-hydrogen) atoms. The fourth-order valence-corrected chi connectivity index (χ4v) is 6.83. The fraction of sp³-hybridized carbons (Fsp3) is 0.543. The maximum Gasteiger partial charge on any atom is 0.434 e. The van der Waals surface area contributed by atoms with Crippen molar-refractivity contribution in [3.05, 3.63) is 87.7 Å². The molecule has 1 aliphatic heterocycles. The zero-order valence-electron chi connectivity index (χ0n) is 28.2. The lowest BCUT2D eigenvalue weighted by Crippen LogP contribution is -2.50. The average molecular weight is 636 g/mol. The van der Waals surface area contributed by atoms with Gasteiger partial charge in [-0.05, 0) is 69.3 Å². The van der Waals surface area contributed by atoms with Crippen LogP contribution in [0.15, 0.2) is 63.8 Å². The van der Waals surface area contributed by atoms with E-state index in [-0.39, 0.29) is 53.3 Å². The van der Waals surface area contributed by atoms with Crippen LogP contribution in [-0.2, 0) is 15.6 Å². The number of hydrogen-bond acceptors (Lipinski definition) is 7. The molecule has 1 fully saturated rings. The Morgan fingerprint density at radius 2 is 1.67 bits per heavy atom. The summed E-state index contributed by atoms with van der Waals surface area (Å²) >= 11 is 0. The summed E-state index contributed by atoms with van der Waals surface area (Å²) in [5.41, 5.74) is 2.02. The lowest BCUT2D eigenvalue weighted by Gasteiger charge is -2.43. The Morgan fingerprint density at radius 1 is 1.02 bits per heavy atom. The molecule has 3 aromatic rings. The first-order chi connectivity index (χ1) is 20.9. The van der Waals surface area contributed by atoms with Crippen LogP contribution in [-0.4, -0.2) is 53.0 Å². The van der Waals surface area contributed by atoms with Gasteiger partial charge in [0.15, 0.2) is 14.1 Å². The molecule has 1 N–H and O–H groups in total. The lowest BCUT2D eigenvalue weighted by atomic mass is 9.97. The molecular formula is C35H49N3O6Si. The third-order valence-corrected chi connectivity index (χ3v) is 13.4. The van der Waals surface area contributed by atoms with Gasteiger partial charge in [0.05, 0.1) is 12.1 Å². The van der Waals surface area contributed by atoms with Crippen molar-refractivity contribution >= 4 is 20.2 Å². The number of hydrogen-bond donors (Lipinski definition) is 1. The molecule has 1 aromatic heterocycles. The SMILES string of the molecule is C[C@@H](CC(=O)c1ccc(C[C@@H]2CC[C@H]([C@H](O[Si](C)(C)C(C)(C)C)c3ccccc3)N2C(=O)OC(C)(C)C)cc1)c1n[nH]c(=O)o1. The molecule has 0 bridgehead atoms. The Balaban J connectivity index is 1.58. The van der Waals surface area contributed by atoms with Crippen molar-refractivity contribution in [1.29, 1.82) is 0 Å². The molecular weight excluding hydrogens is 586 g/mol. The van der Waals surface area contributed by atoms with Crippen LogP contribution in [0.25, 0.3) is 0 Å². The monoisotopic (exact) mass is 635 g/mol. The number of ketones is 1. The van der Waals surface area contributed by atoms with Crippen LogP contribution in [0.3, 0.4) is 0 Å². The number of benzene rings is 2. The molecule has 4 rings (SSSR count). The summed E-state index contributed by atoms with van der Waals surface area (Å²) < 4.78 is 18.1. The zero-order valence-corrected chi connectivity index (χ0v) is 29.2. The fourth-order valence-electron chi connectivity index (χ4n) is 5.55. The molecule has 0 unspecified atom stereocenters. The molecule has 4 atom stereocenters. The predicted octanol–water partition coefficient (Wildman–Crippen LogP) is 7.81. The van der Waals surface area contributed by atoms with Gasteiger partial charge in [-0.25, -0.2) is 14.7 Å². The van der Waals surface area contributed by atoms with Crippen molar-refractivity contribution in [2.75, 3.05) is 0 Å². The molecule has 2 heterocycles. The second-order valence-corrected chi connectivity index (χ2v) is 19.5. The van der Waals surface area contributed by atoms with Gasteiger partial charge in [-0.2, -0.15) is 0 Å². The topological polar surface area (TPSA) is 115 Å². The number of carbonyl (C=O) groups excluding carboxylic acids is 2. The predicted molar refractivity (Wildman–Crippen MR) is 177 cm³/mol. The number of Topliss-reactive ketones (excluding diaryl/α,β-unsaturated/α-hetero) is 1. The van der Waals surface area contributed by atoms with Crippen LogP contribution in [0.5, 0.6) is 0 Å². The van der Waals surface area contributed by atoms with Crippen LogP contribution < -0.4 is 5.76 Å². The second kappa shape index (κ2) is 13.5. The van der Waals surface area contributed by atoms with E-state index in [1.54, 1.807) is 6.92 Å². The first-order valence-corrected chi connectivity index (χ1v) is 18.8. The quantitative estimate of drug-likeness (QED) is 0.178. The van der Waals surface area contributed by atoms with Gasteiger partial charge in [-0.15, -0.1) is 5.10 Å². The summed E-state index contributed by atoms with van der Waals surface area (Å²) in [7, 11) is -2.21. The highest BCUT2D eigenvalue weighted by Gasteiger charge is 2.47. The molecule has 1 aliphatic rings. The van der Waals surface area contributed by atoms with E-state index in [9.17, 15) is 14.4 Å². The smallest absolute Gasteiger partial charge is 0.434 e. The molecule has 1 amide bonds. The molecule has 0 radical (unpaired) electrons. The number of nitrogens with one attached hydrogen (secondary N) is 1. The van der Waals surface area contributed by atoms with Gasteiger partial charge in [0.25, 0.3) is 0 Å². The average Bonchev–Trinajstić information content (AvgIpc) is 3.57. The molecule has 10 heteroatoms. The summed E-state index contributed by atoms with van der Waals surface area (Å²) in [4.78, 5) is 40.1. The summed E-state index contributed by atoms with van der Waals surface area (Å²) in [5.74, 6) is -0.816. The Morgan fingerprint density at radius 3 is 2.22 bits per heavy atom. The van der Waals surface area contributed by atoms with Crippen molar-refractivity contribution < 1.29 is 23.2 Å². The van der Waals surface area contributed by atoms with Gasteiger partial charge in [0, 0.05) is 23.9 Å². The van der Waals surface area contributed by atoms with Crippen molar-refractivity contribution in [3.63, 3.8) is 0 Å². The first-order valence-electron chi connectivity index (χ1n) is 15.9. The standard InChI is InChI=1S/C35H49N3O6Si/c1-23(31-36-37-32(40)42-31)21-29(39)25-17-15-24(16-18-25)22-27-19-20-28(38(27)33(41)43-34(2,3)4)30(26-13-11-10-12-14-26)44-45(8,9)35(5,6)7/h10-18,23,27-28,30H,19-22H2,1-9H3,(H,37,40)/t23-,27-,28+,30+/m0/s1. The normalized spacial score (nSPS) is 18.9. The number of rotatable bonds is 10. The van der Waals surface area contributed by atoms with Gasteiger partial charge < -0.3 is 13.6 Å². The molecule has 0 aliphatic carbocycles. The number of ether oxygens (including phenoxy) is 1. The number of aromatic nitrogens is 2. The largest absolute Gasteiger partial charge is 0.444 e. The molecule has 2 aromatic carbocycles. The van der Waals surface area contributed by atoms with Gasteiger partial charge in [0.1, 0.15) is 5.60 Å². The van der Waals surface area contributed by atoms with Crippen molar-refractivity contribution in [3.8, 4) is 0 Å². The molecule has 0 spiro atoms. The summed E-state index contributed by atoms with van der Waals surface area (Å²) in [6.45, 7) is 18.7. The molecule has 0 saturated carbocycles. The number of aromatic amines is 1. The lowest BCUT2D eigenvalue weighted by molar-refractivity contribution is -0.00239. The van der Waals surface area contributed by atoms with Crippen LogP contribution in [0.4, 0.5) is 4.79 Å². The minimum Gasteiger partial charge on any atom is -0.444 e. The van der Waals surface area contributed by atoms with Crippen molar-refractivity contribution in [1.82, 2.24) is 15.1 Å². The van der Waals surface area contributed by atoms with Crippen LogP contribution >= 0.6 is 0 Å². The maximum atomic E-state index is 13.9. The van der Waals surface area contributed by atoms with E-state index in [0.717, 1.165) is 24.0 Å². The number of nitrogens with zero attached hydrogens (tertiary/aromatic N) is 2. The van der Waals surface area contributed by atoms with Crippen LogP contribution in [0.2, 0.25) is 18.1 Å². The van der Waals surface area contributed by atoms with E-state index in [1.807, 2.05) is 68.1 Å². The Labute approximate surface area is 267 Å². The summed E-state index contributed by atoms with van der Waals surface area (Å²) in [5, 5.41) is 6.08. The van der Waals surface area contributed by atoms with E-state index in [0.29, 0.717) is 12.0 Å². The summed E-state index contributed by atoms with van der Waals surface area (Å²) in [6, 6.07) is 17.5. The Kier molecular flexibility index (Phi) is 10.3. The van der Waals surface area contributed by atoms with E-state index in [4.69, 9.17) is 13.6 Å². The third-order valence-electron chi connectivity index (χ3n) is 8.97. The zero-order chi connectivity index (χ0) is 33.2. The highest BCUT2D eigenvalue weighted by molar-refractivity contribution is 6.74. The Hall–Kier alpha value is -3.50. The van der Waals surface area contributed by atoms with Crippen LogP contribution in [0, 0.1) is 0 Å². The minimum absolute atomic E-state index is 0.00233. The molecule has 9 nitrogen and oxygen atoms in total. The Bertz CT molecular complexity index is 1500. The number of H-pyrrole nitrogens is 1. The van der Waals surface area contributed by atoms with Crippen molar-refractivity contribution in [2.45, 2.75) is 122 Å². The highest BCUT2D eigenvalue weighted by atomic mass is 28.4. The molecule has 244 valence electrons. The van der Waals surface area contributed by atoms with E-state index in [1.165, 1.54) is 0 Å². The highest BCUT2D eigenvalue weighted by Crippen LogP contribution is 2.44. The molecule has 1 saturated heterocycles. The van der Waals surface area contributed by atoms with E-state index >= 15 is 0 Å². The summed E-state index contributed by atoms with van der Waals surface area (Å²) in [6.07, 6.45) is 1.77. The van der Waals surface area contributed by atoms with Gasteiger partial charge >= 0.3 is 11.8 Å². The van der Waals surface area contributed by atoms with Gasteiger partial charge in [0.2, 0.25) is 5.89 Å². The number of likely N-dealkylation sites (tertiary alicyclic amines) is 1. The van der Waals surface area contributed by atoms with E-state index in [2.05, 4.69) is 56.2 Å². The first kappa shape index (κ1) is 34.4. The second-order valence-electron chi connectivity index (χ2n) is 14.8.